The first-order chi connectivity index (χ1) is 26.7. The lowest BCUT2D eigenvalue weighted by molar-refractivity contribution is 1.21. The van der Waals surface area contributed by atoms with Gasteiger partial charge in [0.1, 0.15) is 0 Å². The molecular weight excluding hydrogens is 665 g/mol. The number of nitrogens with zero attached hydrogens (tertiary/aromatic N) is 8. The van der Waals surface area contributed by atoms with E-state index in [0.29, 0.717) is 11.4 Å². The van der Waals surface area contributed by atoms with Crippen molar-refractivity contribution in [2.45, 2.75) is 0 Å². The van der Waals surface area contributed by atoms with Crippen molar-refractivity contribution < 1.29 is 0 Å². The summed E-state index contributed by atoms with van der Waals surface area (Å²) in [6.45, 7) is 0. The molecule has 254 valence electrons. The third kappa shape index (κ3) is 6.87. The minimum absolute atomic E-state index is 0.700. The minimum atomic E-state index is 0.700. The first kappa shape index (κ1) is 32.3. The maximum Gasteiger partial charge on any atom is 0.0901 e. The normalized spacial score (nSPS) is 11.0. The van der Waals surface area contributed by atoms with Crippen LogP contribution < -0.4 is 0 Å². The lowest BCUT2D eigenvalue weighted by Crippen LogP contribution is -1.98. The van der Waals surface area contributed by atoms with E-state index in [4.69, 9.17) is 19.9 Å². The Morgan fingerprint density at radius 2 is 0.685 bits per heavy atom. The second-order valence-corrected chi connectivity index (χ2v) is 12.6. The summed E-state index contributed by atoms with van der Waals surface area (Å²) in [6, 6.07) is 48.2. The molecule has 0 bridgehead atoms. The van der Waals surface area contributed by atoms with Gasteiger partial charge < -0.3 is 0 Å². The Balaban J connectivity index is 1.26. The van der Waals surface area contributed by atoms with E-state index in [1.807, 2.05) is 128 Å². The fourth-order valence-corrected chi connectivity index (χ4v) is 6.33. The van der Waals surface area contributed by atoms with Crippen molar-refractivity contribution in [3.63, 3.8) is 0 Å². The molecule has 0 spiro atoms. The number of hydrogen-bond acceptors (Lipinski definition) is 8. The number of benzene rings is 1. The van der Waals surface area contributed by atoms with Gasteiger partial charge in [-0.1, -0.05) is 54.6 Å². The summed E-state index contributed by atoms with van der Waals surface area (Å²) >= 11 is 0. The Morgan fingerprint density at radius 3 is 1.19 bits per heavy atom. The Kier molecular flexibility index (Phi) is 8.73. The number of rotatable bonds is 8. The molecule has 0 saturated heterocycles. The van der Waals surface area contributed by atoms with Gasteiger partial charge in [0.2, 0.25) is 0 Å². The molecule has 0 unspecified atom stereocenters. The van der Waals surface area contributed by atoms with Crippen LogP contribution in [0.15, 0.2) is 183 Å². The van der Waals surface area contributed by atoms with E-state index in [0.717, 1.165) is 78.9 Å². The van der Waals surface area contributed by atoms with Crippen LogP contribution in [-0.2, 0) is 0 Å². The van der Waals surface area contributed by atoms with Crippen molar-refractivity contribution in [1.82, 2.24) is 39.9 Å². The molecule has 0 fully saturated rings. The van der Waals surface area contributed by atoms with Crippen molar-refractivity contribution in [2.24, 2.45) is 0 Å². The Hall–Kier alpha value is -7.58. The van der Waals surface area contributed by atoms with Crippen LogP contribution in [0.2, 0.25) is 0 Å². The van der Waals surface area contributed by atoms with E-state index in [-0.39, 0.29) is 0 Å². The highest BCUT2D eigenvalue weighted by Crippen LogP contribution is 2.36. The second-order valence-electron chi connectivity index (χ2n) is 12.6. The Labute approximate surface area is 312 Å². The Bertz CT molecular complexity index is 2630. The summed E-state index contributed by atoms with van der Waals surface area (Å²) in [5.74, 6) is 0. The van der Waals surface area contributed by atoms with E-state index < -0.39 is 0 Å². The average Bonchev–Trinajstić information content (AvgIpc) is 3.27. The molecule has 8 heteroatoms. The van der Waals surface area contributed by atoms with Gasteiger partial charge in [0.05, 0.1) is 56.9 Å². The summed E-state index contributed by atoms with van der Waals surface area (Å²) in [5, 5.41) is 0. The third-order valence-corrected chi connectivity index (χ3v) is 8.97. The third-order valence-electron chi connectivity index (χ3n) is 8.97. The fraction of sp³-hybridized carbons (Fsp3) is 0. The maximum absolute atomic E-state index is 5.36. The topological polar surface area (TPSA) is 103 Å². The molecule has 9 rings (SSSR count). The lowest BCUT2D eigenvalue weighted by atomic mass is 9.98. The molecule has 0 atom stereocenters. The predicted octanol–water partition coefficient (Wildman–Crippen LogP) is 10.2. The molecule has 8 heterocycles. The van der Waals surface area contributed by atoms with E-state index in [1.54, 1.807) is 31.0 Å². The van der Waals surface area contributed by atoms with Crippen molar-refractivity contribution in [3.05, 3.63) is 183 Å². The molecule has 0 N–H and O–H groups in total. The van der Waals surface area contributed by atoms with Gasteiger partial charge in [0, 0.05) is 53.9 Å². The molecule has 8 nitrogen and oxygen atoms in total. The maximum atomic E-state index is 5.36. The molecule has 0 aliphatic heterocycles. The molecule has 0 aliphatic rings. The second kappa shape index (κ2) is 14.6. The molecular formula is C46H30N8. The fourth-order valence-electron chi connectivity index (χ4n) is 6.33. The zero-order valence-corrected chi connectivity index (χ0v) is 28.9. The van der Waals surface area contributed by atoms with Crippen LogP contribution in [0, 0.1) is 0 Å². The highest BCUT2D eigenvalue weighted by atomic mass is 14.8. The summed E-state index contributed by atoms with van der Waals surface area (Å²) < 4.78 is 0. The van der Waals surface area contributed by atoms with Crippen molar-refractivity contribution in [1.29, 1.82) is 0 Å². The zero-order valence-electron chi connectivity index (χ0n) is 28.9. The standard InChI is InChI=1S/C46H30N8/c1-2-11-31(12-3-1)34-24-40(35-26-43(37-14-4-7-19-48-37)53-44(27-35)38-15-5-8-20-49-38)52-41(25-34)36-28-45(39-16-6-9-21-50-39)54-46(29-36)42-23-32(17-22-51-42)33-13-10-18-47-30-33/h1-30H. The highest BCUT2D eigenvalue weighted by Gasteiger charge is 2.17. The molecule has 0 saturated carbocycles. The largest absolute Gasteiger partial charge is 0.264 e. The van der Waals surface area contributed by atoms with Gasteiger partial charge in [-0.2, -0.15) is 0 Å². The van der Waals surface area contributed by atoms with Crippen LogP contribution in [0.1, 0.15) is 0 Å². The van der Waals surface area contributed by atoms with Crippen LogP contribution in [-0.4, -0.2) is 39.9 Å². The number of aromatic nitrogens is 8. The molecule has 0 amide bonds. The SMILES string of the molecule is c1ccc(-c2cc(-c3cc(-c4ccccn4)nc(-c4ccccn4)c3)nc(-c3cc(-c4ccccn4)nc(-c4cc(-c5cccnc5)ccn4)c3)c2)cc1. The quantitative estimate of drug-likeness (QED) is 0.155. The first-order valence-electron chi connectivity index (χ1n) is 17.5. The summed E-state index contributed by atoms with van der Waals surface area (Å²) in [5.41, 5.74) is 13.2. The summed E-state index contributed by atoms with van der Waals surface area (Å²) in [4.78, 5) is 38.5. The van der Waals surface area contributed by atoms with Crippen LogP contribution in [0.4, 0.5) is 0 Å². The molecule has 0 aliphatic carbocycles. The molecule has 9 aromatic rings. The molecule has 8 aromatic heterocycles. The Morgan fingerprint density at radius 1 is 0.241 bits per heavy atom. The smallest absolute Gasteiger partial charge is 0.0901 e. The van der Waals surface area contributed by atoms with Gasteiger partial charge in [-0.25, -0.2) is 15.0 Å². The van der Waals surface area contributed by atoms with Gasteiger partial charge in [0.15, 0.2) is 0 Å². The summed E-state index contributed by atoms with van der Waals surface area (Å²) in [7, 11) is 0. The van der Waals surface area contributed by atoms with Crippen LogP contribution in [0.3, 0.4) is 0 Å². The highest BCUT2D eigenvalue weighted by molar-refractivity contribution is 5.82. The monoisotopic (exact) mass is 694 g/mol. The van der Waals surface area contributed by atoms with Gasteiger partial charge in [-0.3, -0.25) is 24.9 Å². The molecule has 0 radical (unpaired) electrons. The molecule has 54 heavy (non-hydrogen) atoms. The van der Waals surface area contributed by atoms with Crippen LogP contribution in [0.5, 0.6) is 0 Å². The van der Waals surface area contributed by atoms with Gasteiger partial charge in [-0.05, 0) is 108 Å². The van der Waals surface area contributed by atoms with Crippen molar-refractivity contribution in [2.75, 3.05) is 0 Å². The number of hydrogen-bond donors (Lipinski definition) is 0. The predicted molar refractivity (Wildman–Crippen MR) is 212 cm³/mol. The van der Waals surface area contributed by atoms with E-state index in [9.17, 15) is 0 Å². The first-order valence-corrected chi connectivity index (χ1v) is 17.5. The van der Waals surface area contributed by atoms with E-state index in [2.05, 4.69) is 44.2 Å². The van der Waals surface area contributed by atoms with Gasteiger partial charge in [0.25, 0.3) is 0 Å². The van der Waals surface area contributed by atoms with Crippen LogP contribution in [0.25, 0.3) is 90.3 Å². The van der Waals surface area contributed by atoms with E-state index >= 15 is 0 Å². The van der Waals surface area contributed by atoms with Crippen molar-refractivity contribution >= 4 is 0 Å². The van der Waals surface area contributed by atoms with Gasteiger partial charge in [-0.15, -0.1) is 0 Å². The average molecular weight is 695 g/mol. The van der Waals surface area contributed by atoms with Crippen molar-refractivity contribution in [3.8, 4) is 90.3 Å². The minimum Gasteiger partial charge on any atom is -0.264 e. The van der Waals surface area contributed by atoms with Crippen LogP contribution >= 0.6 is 0 Å². The number of pyridine rings is 8. The van der Waals surface area contributed by atoms with Gasteiger partial charge >= 0.3 is 0 Å². The molecule has 1 aromatic carbocycles. The zero-order chi connectivity index (χ0) is 36.1. The summed E-state index contributed by atoms with van der Waals surface area (Å²) in [6.07, 6.45) is 10.8. The lowest BCUT2D eigenvalue weighted by Gasteiger charge is -2.14. The van der Waals surface area contributed by atoms with E-state index in [1.165, 1.54) is 0 Å².